The molecule has 0 spiro atoms. The van der Waals surface area contributed by atoms with Crippen LogP contribution < -0.4 is 4.74 Å². The van der Waals surface area contributed by atoms with E-state index in [-0.39, 0.29) is 5.89 Å². The van der Waals surface area contributed by atoms with E-state index >= 15 is 0 Å². The molecule has 0 fully saturated rings. The Labute approximate surface area is 148 Å². The fourth-order valence-electron chi connectivity index (χ4n) is 2.41. The highest BCUT2D eigenvalue weighted by atomic mass is 35.5. The first kappa shape index (κ1) is 15.4. The van der Waals surface area contributed by atoms with Gasteiger partial charge in [0.2, 0.25) is 5.82 Å². The number of aromatic nitrogens is 3. The Morgan fingerprint density at radius 2 is 1.80 bits per heavy atom. The Morgan fingerprint density at radius 3 is 2.60 bits per heavy atom. The molecule has 7 heteroatoms. The van der Waals surface area contributed by atoms with Gasteiger partial charge in [0, 0.05) is 16.7 Å². The minimum absolute atomic E-state index is 0.253. The molecule has 2 aromatic heterocycles. The number of nitrogens with zero attached hydrogens (tertiary/aromatic N) is 3. The maximum atomic E-state index is 6.05. The summed E-state index contributed by atoms with van der Waals surface area (Å²) < 4.78 is 16.0. The predicted octanol–water partition coefficient (Wildman–Crippen LogP) is 4.72. The third kappa shape index (κ3) is 2.99. The van der Waals surface area contributed by atoms with Crippen molar-refractivity contribution in [1.29, 1.82) is 0 Å². The molecule has 4 aromatic rings. The minimum Gasteiger partial charge on any atom is -0.496 e. The summed E-state index contributed by atoms with van der Waals surface area (Å²) in [5, 5.41) is 8.54. The molecule has 4 rings (SSSR count). The molecular weight excluding hydrogens is 342 g/mol. The number of ether oxygens (including phenoxy) is 1. The SMILES string of the molecule is COc1ccc(Cl)cc1-c1noc(-c2cc(-c3ccccc3)on2)n1. The van der Waals surface area contributed by atoms with Gasteiger partial charge in [0.15, 0.2) is 11.5 Å². The molecule has 0 aliphatic heterocycles. The van der Waals surface area contributed by atoms with E-state index in [1.807, 2.05) is 30.3 Å². The number of methoxy groups -OCH3 is 1. The van der Waals surface area contributed by atoms with Crippen LogP contribution in [0.3, 0.4) is 0 Å². The van der Waals surface area contributed by atoms with Gasteiger partial charge in [0.25, 0.3) is 5.89 Å². The van der Waals surface area contributed by atoms with Crippen molar-refractivity contribution < 1.29 is 13.8 Å². The van der Waals surface area contributed by atoms with E-state index in [0.717, 1.165) is 5.56 Å². The normalized spacial score (nSPS) is 10.8. The average Bonchev–Trinajstić information content (AvgIpc) is 3.32. The maximum absolute atomic E-state index is 6.05. The minimum atomic E-state index is 0.253. The van der Waals surface area contributed by atoms with E-state index in [4.69, 9.17) is 25.4 Å². The van der Waals surface area contributed by atoms with Crippen molar-refractivity contribution in [2.45, 2.75) is 0 Å². The van der Waals surface area contributed by atoms with Crippen LogP contribution in [0.2, 0.25) is 5.02 Å². The topological polar surface area (TPSA) is 74.2 Å². The highest BCUT2D eigenvalue weighted by molar-refractivity contribution is 6.30. The van der Waals surface area contributed by atoms with Gasteiger partial charge >= 0.3 is 0 Å². The van der Waals surface area contributed by atoms with E-state index in [1.165, 1.54) is 0 Å². The van der Waals surface area contributed by atoms with Gasteiger partial charge in [-0.3, -0.25) is 0 Å². The van der Waals surface area contributed by atoms with Crippen molar-refractivity contribution >= 4 is 11.6 Å². The first-order valence-electron chi connectivity index (χ1n) is 7.45. The number of benzene rings is 2. The molecule has 0 bridgehead atoms. The van der Waals surface area contributed by atoms with Crippen LogP contribution in [0.25, 0.3) is 34.3 Å². The van der Waals surface area contributed by atoms with Crippen molar-refractivity contribution in [2.24, 2.45) is 0 Å². The molecule has 0 N–H and O–H groups in total. The summed E-state index contributed by atoms with van der Waals surface area (Å²) in [6.07, 6.45) is 0. The summed E-state index contributed by atoms with van der Waals surface area (Å²) in [7, 11) is 1.57. The Balaban J connectivity index is 1.69. The Kier molecular flexibility index (Phi) is 3.95. The van der Waals surface area contributed by atoms with Gasteiger partial charge < -0.3 is 13.8 Å². The Hall–Kier alpha value is -3.12. The fraction of sp³-hybridized carbons (Fsp3) is 0.0556. The van der Waals surface area contributed by atoms with Crippen molar-refractivity contribution in [1.82, 2.24) is 15.3 Å². The van der Waals surface area contributed by atoms with Crippen LogP contribution in [-0.2, 0) is 0 Å². The molecule has 25 heavy (non-hydrogen) atoms. The zero-order valence-electron chi connectivity index (χ0n) is 13.1. The Morgan fingerprint density at radius 1 is 0.960 bits per heavy atom. The summed E-state index contributed by atoms with van der Waals surface area (Å²) in [5.74, 6) is 1.83. The van der Waals surface area contributed by atoms with E-state index in [2.05, 4.69) is 15.3 Å². The van der Waals surface area contributed by atoms with Crippen LogP contribution in [0, 0.1) is 0 Å². The molecule has 6 nitrogen and oxygen atoms in total. The predicted molar refractivity (Wildman–Crippen MR) is 92.2 cm³/mol. The summed E-state index contributed by atoms with van der Waals surface area (Å²) in [6, 6.07) is 16.6. The highest BCUT2D eigenvalue weighted by Gasteiger charge is 2.18. The van der Waals surface area contributed by atoms with Gasteiger partial charge in [-0.2, -0.15) is 4.98 Å². The number of hydrogen-bond acceptors (Lipinski definition) is 6. The third-order valence-electron chi connectivity index (χ3n) is 3.62. The molecule has 2 aromatic carbocycles. The lowest BCUT2D eigenvalue weighted by molar-refractivity contribution is 0.408. The number of hydrogen-bond donors (Lipinski definition) is 0. The van der Waals surface area contributed by atoms with Gasteiger partial charge in [-0.1, -0.05) is 52.2 Å². The summed E-state index contributed by atoms with van der Waals surface area (Å²) >= 11 is 6.05. The second-order valence-corrected chi connectivity index (χ2v) is 5.65. The third-order valence-corrected chi connectivity index (χ3v) is 3.85. The van der Waals surface area contributed by atoms with Crippen molar-refractivity contribution in [2.75, 3.05) is 7.11 Å². The zero-order chi connectivity index (χ0) is 17.2. The molecule has 0 unspecified atom stereocenters. The second kappa shape index (κ2) is 6.41. The monoisotopic (exact) mass is 353 g/mol. The van der Waals surface area contributed by atoms with Gasteiger partial charge in [-0.15, -0.1) is 0 Å². The molecule has 0 saturated carbocycles. The largest absolute Gasteiger partial charge is 0.496 e. The van der Waals surface area contributed by atoms with Crippen molar-refractivity contribution in [3.63, 3.8) is 0 Å². The van der Waals surface area contributed by atoms with Crippen molar-refractivity contribution in [3.05, 3.63) is 59.6 Å². The second-order valence-electron chi connectivity index (χ2n) is 5.21. The van der Waals surface area contributed by atoms with Crippen molar-refractivity contribution in [3.8, 4) is 40.0 Å². The molecule has 0 aliphatic carbocycles. The standard InChI is InChI=1S/C18H12ClN3O3/c1-23-15-8-7-12(19)9-13(15)17-20-18(25-22-17)14-10-16(24-21-14)11-5-3-2-4-6-11/h2-10H,1H3. The van der Waals surface area contributed by atoms with Crippen LogP contribution in [0.15, 0.2) is 63.6 Å². The lowest BCUT2D eigenvalue weighted by Gasteiger charge is -2.04. The molecule has 124 valence electrons. The molecule has 0 amide bonds. The lowest BCUT2D eigenvalue weighted by Crippen LogP contribution is -1.89. The fourth-order valence-corrected chi connectivity index (χ4v) is 2.58. The zero-order valence-corrected chi connectivity index (χ0v) is 13.9. The highest BCUT2D eigenvalue weighted by Crippen LogP contribution is 2.32. The lowest BCUT2D eigenvalue weighted by atomic mass is 10.1. The van der Waals surface area contributed by atoms with E-state index in [9.17, 15) is 0 Å². The molecule has 2 heterocycles. The van der Waals surface area contributed by atoms with Crippen LogP contribution in [-0.4, -0.2) is 22.4 Å². The van der Waals surface area contributed by atoms with Crippen LogP contribution in [0.4, 0.5) is 0 Å². The van der Waals surface area contributed by atoms with E-state index < -0.39 is 0 Å². The van der Waals surface area contributed by atoms with E-state index in [1.54, 1.807) is 31.4 Å². The molecule has 0 radical (unpaired) electrons. The number of rotatable bonds is 4. The van der Waals surface area contributed by atoms with E-state index in [0.29, 0.717) is 33.6 Å². The van der Waals surface area contributed by atoms with Crippen LogP contribution in [0.5, 0.6) is 5.75 Å². The average molecular weight is 354 g/mol. The van der Waals surface area contributed by atoms with Gasteiger partial charge in [-0.05, 0) is 18.2 Å². The van der Waals surface area contributed by atoms with Crippen LogP contribution in [0.1, 0.15) is 0 Å². The molecule has 0 aliphatic rings. The Bertz CT molecular complexity index is 1010. The first-order chi connectivity index (χ1) is 12.2. The van der Waals surface area contributed by atoms with Gasteiger partial charge in [0.05, 0.1) is 12.7 Å². The van der Waals surface area contributed by atoms with Gasteiger partial charge in [-0.25, -0.2) is 0 Å². The molecular formula is C18H12ClN3O3. The molecule has 0 saturated heterocycles. The first-order valence-corrected chi connectivity index (χ1v) is 7.82. The van der Waals surface area contributed by atoms with Crippen LogP contribution >= 0.6 is 11.6 Å². The summed E-state index contributed by atoms with van der Waals surface area (Å²) in [5.41, 5.74) is 2.01. The number of halogens is 1. The van der Waals surface area contributed by atoms with Gasteiger partial charge in [0.1, 0.15) is 5.75 Å². The molecule has 0 atom stereocenters. The maximum Gasteiger partial charge on any atom is 0.280 e. The smallest absolute Gasteiger partial charge is 0.280 e. The summed E-state index contributed by atoms with van der Waals surface area (Å²) in [6.45, 7) is 0. The quantitative estimate of drug-likeness (QED) is 0.528. The summed E-state index contributed by atoms with van der Waals surface area (Å²) in [4.78, 5) is 4.37.